The average Bonchev–Trinajstić information content (AvgIpc) is 2.64. The first-order valence-electron chi connectivity index (χ1n) is 6.03. The van der Waals surface area contributed by atoms with Crippen LogP contribution in [0.5, 0.6) is 0 Å². The summed E-state index contributed by atoms with van der Waals surface area (Å²) in [4.78, 5) is 11.0. The molecule has 0 aromatic carbocycles. The highest BCUT2D eigenvalue weighted by atomic mass is 16.6. The molecule has 3 heteroatoms. The van der Waals surface area contributed by atoms with Gasteiger partial charge in [0.2, 0.25) is 0 Å². The minimum absolute atomic E-state index is 0.142. The molecule has 4 aliphatic rings. The number of hydrogen-bond acceptors (Lipinski definition) is 2. The van der Waals surface area contributed by atoms with Gasteiger partial charge in [-0.25, -0.2) is 4.79 Å². The molecular weight excluding hydrogens is 190 g/mol. The number of nitrogens with one attached hydrogen (secondary N) is 1. The van der Waals surface area contributed by atoms with Gasteiger partial charge in [0, 0.05) is 5.92 Å². The Morgan fingerprint density at radius 1 is 1.40 bits per heavy atom. The van der Waals surface area contributed by atoms with Crippen molar-refractivity contribution in [3.8, 4) is 0 Å². The van der Waals surface area contributed by atoms with E-state index >= 15 is 0 Å². The van der Waals surface area contributed by atoms with Gasteiger partial charge < -0.3 is 10.1 Å². The Labute approximate surface area is 90.6 Å². The van der Waals surface area contributed by atoms with Crippen molar-refractivity contribution in [1.82, 2.24) is 5.32 Å². The minimum atomic E-state index is -0.223. The Kier molecular flexibility index (Phi) is 1.83. The number of cyclic esters (lactones) is 1. The molecule has 3 saturated carbocycles. The molecule has 15 heavy (non-hydrogen) atoms. The third kappa shape index (κ3) is 1.21. The van der Waals surface area contributed by atoms with E-state index in [9.17, 15) is 4.79 Å². The molecule has 1 saturated heterocycles. The summed E-state index contributed by atoms with van der Waals surface area (Å²) in [6.07, 6.45) is 3.84. The fourth-order valence-corrected chi connectivity index (χ4v) is 3.96. The van der Waals surface area contributed by atoms with Crippen molar-refractivity contribution >= 4 is 6.09 Å². The molecule has 0 aromatic heterocycles. The number of ether oxygens (including phenoxy) is 1. The highest BCUT2D eigenvalue weighted by Gasteiger charge is 2.56. The normalized spacial score (nSPS) is 46.7. The van der Waals surface area contributed by atoms with Crippen molar-refractivity contribution in [3.05, 3.63) is 0 Å². The molecule has 1 heterocycles. The van der Waals surface area contributed by atoms with Crippen LogP contribution in [0.15, 0.2) is 0 Å². The van der Waals surface area contributed by atoms with Crippen LogP contribution in [0.1, 0.15) is 33.1 Å². The Balaban J connectivity index is 1.74. The number of carbonyl (C=O) groups excluding carboxylic acids is 1. The third-order valence-electron chi connectivity index (χ3n) is 5.10. The topological polar surface area (TPSA) is 38.3 Å². The van der Waals surface area contributed by atoms with E-state index in [0.717, 1.165) is 18.4 Å². The summed E-state index contributed by atoms with van der Waals surface area (Å²) in [5.74, 6) is 2.29. The number of fused-ring (bicyclic) bond motifs is 2. The highest BCUT2D eigenvalue weighted by Crippen LogP contribution is 2.62. The maximum atomic E-state index is 11.0. The Bertz CT molecular complexity index is 298. The fourth-order valence-electron chi connectivity index (χ4n) is 3.96. The smallest absolute Gasteiger partial charge is 0.407 e. The number of rotatable bonds is 1. The molecule has 4 atom stereocenters. The lowest BCUT2D eigenvalue weighted by atomic mass is 9.45. The Morgan fingerprint density at radius 2 is 2.20 bits per heavy atom. The first-order valence-corrected chi connectivity index (χ1v) is 6.03. The van der Waals surface area contributed by atoms with Crippen molar-refractivity contribution < 1.29 is 9.53 Å². The zero-order chi connectivity index (χ0) is 10.6. The lowest BCUT2D eigenvalue weighted by Crippen LogP contribution is -2.55. The van der Waals surface area contributed by atoms with Gasteiger partial charge in [0.25, 0.3) is 0 Å². The second-order valence-corrected chi connectivity index (χ2v) is 5.93. The van der Waals surface area contributed by atoms with Crippen LogP contribution in [0.2, 0.25) is 0 Å². The van der Waals surface area contributed by atoms with Crippen molar-refractivity contribution in [3.63, 3.8) is 0 Å². The molecule has 0 radical (unpaired) electrons. The van der Waals surface area contributed by atoms with E-state index in [1.807, 2.05) is 0 Å². The average molecular weight is 209 g/mol. The van der Waals surface area contributed by atoms with Crippen LogP contribution in [0, 0.1) is 23.2 Å². The van der Waals surface area contributed by atoms with Gasteiger partial charge in [-0.3, -0.25) is 0 Å². The summed E-state index contributed by atoms with van der Waals surface area (Å²) in [5.41, 5.74) is 0.484. The van der Waals surface area contributed by atoms with Gasteiger partial charge in [0.1, 0.15) is 6.10 Å². The number of hydrogen-bond donors (Lipinski definition) is 1. The summed E-state index contributed by atoms with van der Waals surface area (Å²) in [7, 11) is 0. The van der Waals surface area contributed by atoms with Gasteiger partial charge in [0.05, 0.1) is 6.54 Å². The minimum Gasteiger partial charge on any atom is -0.444 e. The SMILES string of the molecule is CC1(C)C2CCC(C3CNC(=O)O3)C1C2. The first-order chi connectivity index (χ1) is 7.09. The van der Waals surface area contributed by atoms with E-state index in [4.69, 9.17) is 4.74 Å². The van der Waals surface area contributed by atoms with Crippen molar-refractivity contribution in [2.24, 2.45) is 23.2 Å². The van der Waals surface area contributed by atoms with Gasteiger partial charge in [-0.05, 0) is 36.5 Å². The van der Waals surface area contributed by atoms with E-state index in [-0.39, 0.29) is 12.2 Å². The van der Waals surface area contributed by atoms with Crippen molar-refractivity contribution in [2.45, 2.75) is 39.2 Å². The summed E-state index contributed by atoms with van der Waals surface area (Å²) in [5, 5.41) is 2.77. The van der Waals surface area contributed by atoms with Gasteiger partial charge >= 0.3 is 6.09 Å². The van der Waals surface area contributed by atoms with E-state index in [1.54, 1.807) is 0 Å². The second kappa shape index (κ2) is 2.89. The first kappa shape index (κ1) is 9.49. The molecular formula is C12H19NO2. The van der Waals surface area contributed by atoms with Gasteiger partial charge in [0.15, 0.2) is 0 Å². The monoisotopic (exact) mass is 209 g/mol. The molecule has 4 fully saturated rings. The standard InChI is InChI=1S/C12H19NO2/c1-12(2)7-3-4-8(9(12)5-7)10-6-13-11(14)15-10/h7-10H,3-6H2,1-2H3,(H,13,14). The fraction of sp³-hybridized carbons (Fsp3) is 0.917. The molecule has 84 valence electrons. The van der Waals surface area contributed by atoms with Crippen LogP contribution in [-0.4, -0.2) is 18.7 Å². The summed E-state index contributed by atoms with van der Waals surface area (Å²) in [6, 6.07) is 0. The number of alkyl carbamates (subject to hydrolysis) is 1. The molecule has 4 unspecified atom stereocenters. The molecule has 2 bridgehead atoms. The molecule has 4 rings (SSSR count). The maximum absolute atomic E-state index is 11.0. The van der Waals surface area contributed by atoms with E-state index in [0.29, 0.717) is 11.3 Å². The lowest BCUT2D eigenvalue weighted by molar-refractivity contribution is -0.131. The van der Waals surface area contributed by atoms with Crippen LogP contribution in [0.4, 0.5) is 4.79 Å². The predicted molar refractivity (Wildman–Crippen MR) is 56.4 cm³/mol. The number of carbonyl (C=O) groups is 1. The quantitative estimate of drug-likeness (QED) is 0.718. The second-order valence-electron chi connectivity index (χ2n) is 5.93. The summed E-state index contributed by atoms with van der Waals surface area (Å²) < 4.78 is 5.34. The van der Waals surface area contributed by atoms with E-state index in [2.05, 4.69) is 19.2 Å². The Morgan fingerprint density at radius 3 is 2.73 bits per heavy atom. The van der Waals surface area contributed by atoms with Crippen LogP contribution < -0.4 is 5.32 Å². The summed E-state index contributed by atoms with van der Waals surface area (Å²) in [6.45, 7) is 5.48. The van der Waals surface area contributed by atoms with Crippen LogP contribution in [0.25, 0.3) is 0 Å². The number of amides is 1. The van der Waals surface area contributed by atoms with Gasteiger partial charge in [-0.1, -0.05) is 13.8 Å². The summed E-state index contributed by atoms with van der Waals surface area (Å²) >= 11 is 0. The zero-order valence-corrected chi connectivity index (χ0v) is 9.45. The van der Waals surface area contributed by atoms with Crippen molar-refractivity contribution in [2.75, 3.05) is 6.54 Å². The van der Waals surface area contributed by atoms with Gasteiger partial charge in [-0.2, -0.15) is 0 Å². The molecule has 0 spiro atoms. The molecule has 0 aromatic rings. The molecule has 1 amide bonds. The van der Waals surface area contributed by atoms with E-state index in [1.165, 1.54) is 19.3 Å². The van der Waals surface area contributed by atoms with Crippen LogP contribution in [-0.2, 0) is 4.74 Å². The maximum Gasteiger partial charge on any atom is 0.407 e. The zero-order valence-electron chi connectivity index (χ0n) is 9.45. The van der Waals surface area contributed by atoms with E-state index < -0.39 is 0 Å². The lowest BCUT2D eigenvalue weighted by Gasteiger charge is -2.60. The molecule has 1 N–H and O–H groups in total. The molecule has 3 aliphatic carbocycles. The Hall–Kier alpha value is -0.730. The van der Waals surface area contributed by atoms with Gasteiger partial charge in [-0.15, -0.1) is 0 Å². The van der Waals surface area contributed by atoms with Crippen LogP contribution in [0.3, 0.4) is 0 Å². The highest BCUT2D eigenvalue weighted by molar-refractivity contribution is 5.69. The van der Waals surface area contributed by atoms with Crippen LogP contribution >= 0.6 is 0 Å². The largest absolute Gasteiger partial charge is 0.444 e. The molecule has 1 aliphatic heterocycles. The third-order valence-corrected chi connectivity index (χ3v) is 5.10. The van der Waals surface area contributed by atoms with Crippen molar-refractivity contribution in [1.29, 1.82) is 0 Å². The predicted octanol–water partition coefficient (Wildman–Crippen LogP) is 2.17. The molecule has 3 nitrogen and oxygen atoms in total.